The van der Waals surface area contributed by atoms with Gasteiger partial charge in [0.15, 0.2) is 0 Å². The van der Waals surface area contributed by atoms with Crippen molar-refractivity contribution in [3.8, 4) is 0 Å². The van der Waals surface area contributed by atoms with Gasteiger partial charge in [0.25, 0.3) is 5.60 Å². The van der Waals surface area contributed by atoms with Gasteiger partial charge in [-0.05, 0) is 0 Å². The van der Waals surface area contributed by atoms with Gasteiger partial charge >= 0.3 is 69.2 Å². The van der Waals surface area contributed by atoms with Gasteiger partial charge in [0.05, 0.1) is 0 Å². The van der Waals surface area contributed by atoms with Gasteiger partial charge in [-0.2, -0.15) is 105 Å². The van der Waals surface area contributed by atoms with Gasteiger partial charge < -0.3 is 5.11 Å². The van der Waals surface area contributed by atoms with Crippen molar-refractivity contribution >= 4 is 8.60 Å². The first-order chi connectivity index (χ1) is 17.3. The number of hydrogen-bond acceptors (Lipinski definition) is 4. The third-order valence-corrected chi connectivity index (χ3v) is 6.09. The van der Waals surface area contributed by atoms with E-state index < -0.39 is 80.4 Å². The summed E-state index contributed by atoms with van der Waals surface area (Å²) < 4.78 is 324. The van der Waals surface area contributed by atoms with Crippen LogP contribution in [0.25, 0.3) is 0 Å². The fourth-order valence-corrected chi connectivity index (χ4v) is 4.92. The smallest absolute Gasteiger partial charge is 0.430 e. The molecule has 0 aromatic heterocycles. The molecule has 0 bridgehead atoms. The molecule has 0 atom stereocenters. The first-order valence-electron chi connectivity index (χ1n) is 8.40. The lowest BCUT2D eigenvalue weighted by Gasteiger charge is -2.55. The Morgan fingerprint density at radius 3 is 0.780 bits per heavy atom. The molecule has 0 aromatic rings. The minimum absolute atomic E-state index is 1.86. The predicted molar refractivity (Wildman–Crippen MR) is 69.5 cm³/mol. The Morgan fingerprint density at radius 2 is 0.634 bits per heavy atom. The predicted octanol–water partition coefficient (Wildman–Crippen LogP) is 7.09. The molecule has 1 aliphatic rings. The summed E-state index contributed by atoms with van der Waals surface area (Å²) in [5, 5.41) is 11.6. The van der Waals surface area contributed by atoms with E-state index in [-0.39, 0.29) is 0 Å². The molecule has 29 heteroatoms. The normalized spacial score (nSPS) is 21.0. The van der Waals surface area contributed by atoms with Gasteiger partial charge in [-0.25, -0.2) is 0 Å². The van der Waals surface area contributed by atoms with Crippen LogP contribution in [-0.4, -0.2) is 71.8 Å². The maximum absolute atomic E-state index is 13.4. The molecule has 41 heavy (non-hydrogen) atoms. The number of halogens is 24. The topological polar surface area (TPSA) is 50.8 Å². The van der Waals surface area contributed by atoms with Crippen molar-refractivity contribution in [2.24, 2.45) is 0 Å². The highest BCUT2D eigenvalue weighted by Crippen LogP contribution is 2.77. The van der Waals surface area contributed by atoms with Crippen LogP contribution < -0.4 is 5.11 Å². The average molecular weight is 695 g/mol. The molecule has 0 unspecified atom stereocenters. The Bertz CT molecular complexity index is 859. The molecule has 1 rings (SSSR count). The molecule has 1 saturated heterocycles. The van der Waals surface area contributed by atoms with Gasteiger partial charge in [-0.1, -0.05) is 0 Å². The van der Waals surface area contributed by atoms with E-state index in [9.17, 15) is 110 Å². The lowest BCUT2D eigenvalue weighted by Crippen LogP contribution is -2.86. The summed E-state index contributed by atoms with van der Waals surface area (Å²) >= 11 is 0. The van der Waals surface area contributed by atoms with Gasteiger partial charge in [0.2, 0.25) is 0 Å². The van der Waals surface area contributed by atoms with Crippen molar-refractivity contribution < 1.29 is 124 Å². The Balaban J connectivity index is 4.46. The van der Waals surface area contributed by atoms with E-state index in [1.165, 1.54) is 0 Å². The highest BCUT2D eigenvalue weighted by atomic mass is 31.2. The largest absolute Gasteiger partial charge is 0.834 e. The van der Waals surface area contributed by atoms with Crippen LogP contribution in [0.1, 0.15) is 0 Å². The summed E-state index contributed by atoms with van der Waals surface area (Å²) in [4.78, 5) is 0. The van der Waals surface area contributed by atoms with Crippen molar-refractivity contribution in [1.82, 2.24) is 0 Å². The number of alkyl halides is 24. The highest BCUT2D eigenvalue weighted by molar-refractivity contribution is 7.42. The highest BCUT2D eigenvalue weighted by Gasteiger charge is 3.01. The quantitative estimate of drug-likeness (QED) is 0.234. The standard InChI is InChI=1S/C12F24O4P/c13-5(14,15)1(37,6(16,17)18)2(7(19,20)21,8(22,23)24)38-41-39-3(9(25,26)27,10(28,29)30)4(40-41,11(31,32)33)12(34,35)36/q-1. The van der Waals surface area contributed by atoms with Gasteiger partial charge in [-0.3, -0.25) is 13.6 Å². The molecule has 0 spiro atoms. The summed E-state index contributed by atoms with van der Waals surface area (Å²) in [6.45, 7) is 0. The summed E-state index contributed by atoms with van der Waals surface area (Å²) in [7, 11) is -7.27. The Kier molecular flexibility index (Phi) is 8.53. The molecule has 4 nitrogen and oxygen atoms in total. The van der Waals surface area contributed by atoms with E-state index >= 15 is 0 Å². The lowest BCUT2D eigenvalue weighted by molar-refractivity contribution is -0.648. The maximum atomic E-state index is 13.4. The average Bonchev–Trinajstić information content (AvgIpc) is 2.99. The molecule has 1 heterocycles. The maximum Gasteiger partial charge on any atom is 0.430 e. The van der Waals surface area contributed by atoms with Gasteiger partial charge in [-0.15, -0.1) is 0 Å². The van der Waals surface area contributed by atoms with Crippen LogP contribution in [0.3, 0.4) is 0 Å². The van der Waals surface area contributed by atoms with Crippen LogP contribution >= 0.6 is 8.60 Å². The van der Waals surface area contributed by atoms with Crippen LogP contribution in [0.4, 0.5) is 105 Å². The molecular weight excluding hydrogens is 695 g/mol. The SMILES string of the molecule is [O-]C(C(F)(F)F)(C(F)(F)F)C(OP1OC(C(F)(F)F)(C(F)(F)F)C(C(F)(F)F)(C(F)(F)F)O1)(C(F)(F)F)C(F)(F)F. The Morgan fingerprint density at radius 1 is 0.415 bits per heavy atom. The van der Waals surface area contributed by atoms with E-state index in [1.54, 1.807) is 0 Å². The molecule has 0 N–H and O–H groups in total. The second kappa shape index (κ2) is 9.30. The Hall–Kier alpha value is -1.41. The van der Waals surface area contributed by atoms with E-state index in [1.807, 2.05) is 4.52 Å². The van der Waals surface area contributed by atoms with Crippen molar-refractivity contribution in [3.63, 3.8) is 0 Å². The molecule has 246 valence electrons. The molecule has 1 fully saturated rings. The fourth-order valence-electron chi connectivity index (χ4n) is 3.13. The minimum Gasteiger partial charge on any atom is -0.834 e. The molecular formula is C12F24O4P-. The van der Waals surface area contributed by atoms with Crippen molar-refractivity contribution in [2.45, 2.75) is 71.8 Å². The molecule has 0 radical (unpaired) electrons. The van der Waals surface area contributed by atoms with Gasteiger partial charge in [0, 0.05) is 0 Å². The molecule has 0 amide bonds. The zero-order chi connectivity index (χ0) is 33.7. The second-order valence-corrected chi connectivity index (χ2v) is 8.20. The zero-order valence-corrected chi connectivity index (χ0v) is 18.0. The minimum atomic E-state index is -8.90. The number of hydrogen-bond donors (Lipinski definition) is 0. The van der Waals surface area contributed by atoms with E-state index in [0.29, 0.717) is 0 Å². The third kappa shape index (κ3) is 4.81. The fraction of sp³-hybridized carbons (Fsp3) is 1.00. The van der Waals surface area contributed by atoms with Crippen LogP contribution in [0.5, 0.6) is 0 Å². The van der Waals surface area contributed by atoms with Crippen molar-refractivity contribution in [3.05, 3.63) is 0 Å². The zero-order valence-electron chi connectivity index (χ0n) is 17.2. The van der Waals surface area contributed by atoms with Crippen LogP contribution in [0, 0.1) is 0 Å². The van der Waals surface area contributed by atoms with Crippen molar-refractivity contribution in [2.75, 3.05) is 0 Å². The Labute approximate surface area is 206 Å². The molecule has 0 saturated carbocycles. The summed E-state index contributed by atoms with van der Waals surface area (Å²) in [5.74, 6) is 0. The van der Waals surface area contributed by atoms with E-state index in [2.05, 4.69) is 9.05 Å². The summed E-state index contributed by atoms with van der Waals surface area (Å²) in [5.41, 5.74) is -34.4. The van der Waals surface area contributed by atoms with E-state index in [0.717, 1.165) is 0 Å². The summed E-state index contributed by atoms with van der Waals surface area (Å²) in [6.07, 6.45) is -68.2. The molecule has 0 aromatic carbocycles. The van der Waals surface area contributed by atoms with Crippen LogP contribution in [0.15, 0.2) is 0 Å². The number of rotatable bonds is 3. The molecule has 0 aliphatic carbocycles. The first kappa shape index (κ1) is 37.6. The molecule has 1 aliphatic heterocycles. The van der Waals surface area contributed by atoms with E-state index in [4.69, 9.17) is 0 Å². The second-order valence-electron chi connectivity index (χ2n) is 7.20. The van der Waals surface area contributed by atoms with Crippen LogP contribution in [0.2, 0.25) is 0 Å². The third-order valence-electron chi connectivity index (χ3n) is 4.82. The monoisotopic (exact) mass is 695 g/mol. The van der Waals surface area contributed by atoms with Gasteiger partial charge in [0.1, 0.15) is 5.60 Å². The first-order valence-corrected chi connectivity index (χ1v) is 9.50. The lowest BCUT2D eigenvalue weighted by atomic mass is 9.79. The van der Waals surface area contributed by atoms with Crippen LogP contribution in [-0.2, 0) is 13.6 Å². The summed E-state index contributed by atoms with van der Waals surface area (Å²) in [6, 6.07) is 0. The van der Waals surface area contributed by atoms with Crippen molar-refractivity contribution in [1.29, 1.82) is 0 Å².